The lowest BCUT2D eigenvalue weighted by Crippen LogP contribution is -2.53. The molecule has 3 heterocycles. The predicted octanol–water partition coefficient (Wildman–Crippen LogP) is 2.74. The molecule has 3 aromatic rings. The maximum Gasteiger partial charge on any atom is 0.497 e. The number of halogens is 3. The first-order chi connectivity index (χ1) is 18.1. The van der Waals surface area contributed by atoms with Crippen LogP contribution in [0.1, 0.15) is 63.3 Å². The van der Waals surface area contributed by atoms with Crippen LogP contribution in [0.2, 0.25) is 0 Å². The number of aliphatic hydroxyl groups is 2. The lowest BCUT2D eigenvalue weighted by atomic mass is 9.78. The fourth-order valence-electron chi connectivity index (χ4n) is 4.99. The first-order valence-electron chi connectivity index (χ1n) is 12.3. The average molecular weight is 543 g/mol. The van der Waals surface area contributed by atoms with E-state index in [9.17, 15) is 23.8 Å². The summed E-state index contributed by atoms with van der Waals surface area (Å²) in [4.78, 5) is 18.7. The summed E-state index contributed by atoms with van der Waals surface area (Å²) in [6, 6.07) is 5.24. The minimum Gasteiger partial charge on any atom is -0.433 e. The number of nitrogens with zero attached hydrogens (tertiary/aromatic N) is 3. The fourth-order valence-corrected chi connectivity index (χ4v) is 4.99. The maximum absolute atomic E-state index is 15.5. The quantitative estimate of drug-likeness (QED) is 0.377. The molecule has 1 unspecified atom stereocenters. The molecule has 1 aromatic heterocycles. The smallest absolute Gasteiger partial charge is 0.433 e. The average Bonchev–Trinajstić information content (AvgIpc) is 3.22. The van der Waals surface area contributed by atoms with Crippen LogP contribution in [0.25, 0.3) is 16.7 Å². The number of carbonyl (C=O) groups is 1. The molecule has 9 nitrogen and oxygen atoms in total. The Hall–Kier alpha value is -3.06. The van der Waals surface area contributed by atoms with Crippen molar-refractivity contribution in [2.45, 2.75) is 70.7 Å². The van der Waals surface area contributed by atoms with Crippen LogP contribution in [0.3, 0.4) is 0 Å². The molecule has 2 aliphatic rings. The molecular weight excluding hydrogens is 517 g/mol. The molecule has 1 amide bonds. The molecule has 5 rings (SSSR count). The summed E-state index contributed by atoms with van der Waals surface area (Å²) in [6.07, 6.45) is 0.0841. The van der Waals surface area contributed by atoms with Gasteiger partial charge in [0.2, 0.25) is 0 Å². The Morgan fingerprint density at radius 3 is 2.41 bits per heavy atom. The van der Waals surface area contributed by atoms with E-state index in [1.807, 2.05) is 27.7 Å². The monoisotopic (exact) mass is 543 g/mol. The SMILES string of the molecule is [B]C(O)(O)N1C(=O)c2cccc(OC(F)F)c2-n2c(nc3cc(F)c(B4OC(C)(C)C(C)(C)O4)cc32)C1CC. The van der Waals surface area contributed by atoms with Gasteiger partial charge in [-0.2, -0.15) is 8.78 Å². The van der Waals surface area contributed by atoms with Gasteiger partial charge in [-0.05, 0) is 52.3 Å². The third kappa shape index (κ3) is 4.30. The van der Waals surface area contributed by atoms with Crippen molar-refractivity contribution in [2.24, 2.45) is 0 Å². The molecule has 0 aliphatic carbocycles. The van der Waals surface area contributed by atoms with E-state index in [1.165, 1.54) is 28.8 Å². The van der Waals surface area contributed by atoms with Gasteiger partial charge in [0.05, 0.1) is 33.8 Å². The fraction of sp³-hybridized carbons (Fsp3) is 0.440. The highest BCUT2D eigenvalue weighted by Gasteiger charge is 2.53. The van der Waals surface area contributed by atoms with E-state index < -0.39 is 48.5 Å². The van der Waals surface area contributed by atoms with Crippen molar-refractivity contribution >= 4 is 37.4 Å². The number of imidazole rings is 1. The van der Waals surface area contributed by atoms with Gasteiger partial charge < -0.3 is 24.3 Å². The Morgan fingerprint density at radius 2 is 1.85 bits per heavy atom. The largest absolute Gasteiger partial charge is 0.497 e. The summed E-state index contributed by atoms with van der Waals surface area (Å²) in [6.45, 7) is 5.65. The lowest BCUT2D eigenvalue weighted by molar-refractivity contribution is -0.191. The van der Waals surface area contributed by atoms with Gasteiger partial charge in [0, 0.05) is 11.5 Å². The Balaban J connectivity index is 1.84. The van der Waals surface area contributed by atoms with Gasteiger partial charge in [0.25, 0.3) is 5.91 Å². The standard InChI is InChI=1S/C25H26B2F3N3O6/c1-6-16-20-31-15-11-14(28)13(27-38-23(2,3)24(4,5)39-27)10-17(15)32(20)19-12(21(34)33(16)25(26,35)36)8-7-9-18(19)37-22(29)30/h7-11,16,22,35-36H,6H2,1-5H3. The topological polar surface area (TPSA) is 106 Å². The predicted molar refractivity (Wildman–Crippen MR) is 136 cm³/mol. The number of aromatic nitrogens is 2. The molecular formula is C25H26B2F3N3O6. The molecule has 1 atom stereocenters. The van der Waals surface area contributed by atoms with Gasteiger partial charge in [-0.15, -0.1) is 0 Å². The van der Waals surface area contributed by atoms with Crippen LogP contribution >= 0.6 is 0 Å². The van der Waals surface area contributed by atoms with Gasteiger partial charge in [-0.1, -0.05) is 13.0 Å². The number of carbonyl (C=O) groups excluding carboxylic acids is 1. The van der Waals surface area contributed by atoms with Crippen LogP contribution < -0.4 is 10.2 Å². The first kappa shape index (κ1) is 27.5. The number of ether oxygens (including phenoxy) is 1. The number of para-hydroxylation sites is 1. The molecule has 2 N–H and O–H groups in total. The molecule has 14 heteroatoms. The van der Waals surface area contributed by atoms with Crippen LogP contribution in [0.15, 0.2) is 30.3 Å². The third-order valence-electron chi connectivity index (χ3n) is 7.54. The van der Waals surface area contributed by atoms with E-state index in [2.05, 4.69) is 4.98 Å². The summed E-state index contributed by atoms with van der Waals surface area (Å²) in [5.74, 6) is -5.15. The summed E-state index contributed by atoms with van der Waals surface area (Å²) in [5.41, 5.74) is -1.56. The van der Waals surface area contributed by atoms with Crippen molar-refractivity contribution in [2.75, 3.05) is 0 Å². The molecule has 0 bridgehead atoms. The Bertz CT molecular complexity index is 1460. The van der Waals surface area contributed by atoms with Crippen molar-refractivity contribution in [1.29, 1.82) is 0 Å². The number of rotatable bonds is 5. The third-order valence-corrected chi connectivity index (χ3v) is 7.54. The minimum absolute atomic E-state index is 0.0216. The molecule has 0 saturated carbocycles. The van der Waals surface area contributed by atoms with E-state index in [1.54, 1.807) is 6.92 Å². The Morgan fingerprint density at radius 1 is 1.21 bits per heavy atom. The second-order valence-electron chi connectivity index (χ2n) is 10.6. The van der Waals surface area contributed by atoms with Gasteiger partial charge in [-0.25, -0.2) is 9.37 Å². The number of fused-ring (bicyclic) bond motifs is 5. The van der Waals surface area contributed by atoms with Crippen molar-refractivity contribution in [1.82, 2.24) is 14.5 Å². The van der Waals surface area contributed by atoms with Crippen LogP contribution in [0, 0.1) is 5.82 Å². The van der Waals surface area contributed by atoms with Gasteiger partial charge in [-0.3, -0.25) is 14.3 Å². The van der Waals surface area contributed by atoms with Crippen LogP contribution in [0.5, 0.6) is 5.75 Å². The van der Waals surface area contributed by atoms with E-state index in [4.69, 9.17) is 21.9 Å². The molecule has 1 saturated heterocycles. The second-order valence-corrected chi connectivity index (χ2v) is 10.6. The van der Waals surface area contributed by atoms with Gasteiger partial charge >= 0.3 is 13.7 Å². The number of hydrogen-bond acceptors (Lipinski definition) is 7. The summed E-state index contributed by atoms with van der Waals surface area (Å²) < 4.78 is 60.6. The maximum atomic E-state index is 15.5. The molecule has 204 valence electrons. The number of benzene rings is 2. The molecule has 0 spiro atoms. The molecule has 1 fully saturated rings. The van der Waals surface area contributed by atoms with Crippen LogP contribution in [-0.4, -0.2) is 69.2 Å². The summed E-state index contributed by atoms with van der Waals surface area (Å²) >= 11 is 0. The zero-order chi connectivity index (χ0) is 28.7. The van der Waals surface area contributed by atoms with E-state index in [-0.39, 0.29) is 45.7 Å². The Kier molecular flexibility index (Phi) is 6.33. The van der Waals surface area contributed by atoms with Crippen LogP contribution in [-0.2, 0) is 9.31 Å². The number of amides is 1. The second kappa shape index (κ2) is 8.98. The molecule has 2 radical (unpaired) electrons. The first-order valence-corrected chi connectivity index (χ1v) is 12.3. The van der Waals surface area contributed by atoms with Crippen LogP contribution in [0.4, 0.5) is 13.2 Å². The van der Waals surface area contributed by atoms with E-state index >= 15 is 4.39 Å². The van der Waals surface area contributed by atoms with E-state index in [0.717, 1.165) is 6.07 Å². The van der Waals surface area contributed by atoms with Gasteiger partial charge in [0.15, 0.2) is 19.4 Å². The number of hydrogen-bond donors (Lipinski definition) is 2. The van der Waals surface area contributed by atoms with Crippen molar-refractivity contribution in [3.8, 4) is 11.4 Å². The lowest BCUT2D eigenvalue weighted by Gasteiger charge is -2.37. The summed E-state index contributed by atoms with van der Waals surface area (Å²) in [7, 11) is 4.48. The van der Waals surface area contributed by atoms with Crippen molar-refractivity contribution < 1.29 is 42.2 Å². The molecule has 39 heavy (non-hydrogen) atoms. The highest BCUT2D eigenvalue weighted by atomic mass is 19.3. The van der Waals surface area contributed by atoms with E-state index in [0.29, 0.717) is 4.90 Å². The molecule has 2 aromatic carbocycles. The summed E-state index contributed by atoms with van der Waals surface area (Å²) in [5, 5.41) is 20.7. The number of alkyl halides is 2. The van der Waals surface area contributed by atoms with Crippen molar-refractivity contribution in [3.05, 3.63) is 47.5 Å². The highest BCUT2D eigenvalue weighted by molar-refractivity contribution is 6.62. The zero-order valence-electron chi connectivity index (χ0n) is 21.9. The normalized spacial score (nSPS) is 20.4. The molecule has 2 aliphatic heterocycles. The highest BCUT2D eigenvalue weighted by Crippen LogP contribution is 2.42. The Labute approximate surface area is 224 Å². The van der Waals surface area contributed by atoms with Crippen molar-refractivity contribution in [3.63, 3.8) is 0 Å². The minimum atomic E-state index is -3.24. The van der Waals surface area contributed by atoms with Gasteiger partial charge in [0.1, 0.15) is 17.3 Å². The zero-order valence-corrected chi connectivity index (χ0v) is 21.9.